The summed E-state index contributed by atoms with van der Waals surface area (Å²) in [5.41, 5.74) is 2.80. The van der Waals surface area contributed by atoms with Crippen molar-refractivity contribution in [1.29, 1.82) is 0 Å². The highest BCUT2D eigenvalue weighted by Gasteiger charge is 2.07. The quantitative estimate of drug-likeness (QED) is 0.780. The molecule has 3 rings (SSSR count). The van der Waals surface area contributed by atoms with Gasteiger partial charge in [0.05, 0.1) is 10.7 Å². The summed E-state index contributed by atoms with van der Waals surface area (Å²) < 4.78 is 2.01. The summed E-state index contributed by atoms with van der Waals surface area (Å²) in [5, 5.41) is 4.02. The van der Waals surface area contributed by atoms with Crippen molar-refractivity contribution in [2.24, 2.45) is 0 Å². The summed E-state index contributed by atoms with van der Waals surface area (Å²) in [6.07, 6.45) is 4.73. The van der Waals surface area contributed by atoms with E-state index in [1.807, 2.05) is 60.3 Å². The fourth-order valence-corrected chi connectivity index (χ4v) is 3.26. The number of benzene rings is 1. The Labute approximate surface area is 139 Å². The molecule has 0 fully saturated rings. The van der Waals surface area contributed by atoms with Crippen LogP contribution in [0.1, 0.15) is 25.9 Å². The van der Waals surface area contributed by atoms with Gasteiger partial charge in [-0.3, -0.25) is 4.79 Å². The minimum absolute atomic E-state index is 0.0472. The number of carbonyl (C=O) groups excluding carboxylic acids is 1. The zero-order valence-electron chi connectivity index (χ0n) is 13.2. The smallest absolute Gasteiger partial charge is 0.251 e. The van der Waals surface area contributed by atoms with Gasteiger partial charge in [0.2, 0.25) is 0 Å². The van der Waals surface area contributed by atoms with Gasteiger partial charge < -0.3 is 9.88 Å². The van der Waals surface area contributed by atoms with Crippen LogP contribution in [0.3, 0.4) is 0 Å². The van der Waals surface area contributed by atoms with Crippen molar-refractivity contribution >= 4 is 17.2 Å². The Hall–Kier alpha value is -2.40. The number of thiazole rings is 1. The van der Waals surface area contributed by atoms with Crippen LogP contribution in [0.25, 0.3) is 5.69 Å². The van der Waals surface area contributed by atoms with E-state index in [1.54, 1.807) is 11.3 Å². The first-order chi connectivity index (χ1) is 11.1. The molecule has 0 bridgehead atoms. The average Bonchev–Trinajstić information content (AvgIpc) is 3.18. The maximum absolute atomic E-state index is 12.2. The van der Waals surface area contributed by atoms with Crippen molar-refractivity contribution in [2.45, 2.75) is 20.3 Å². The molecule has 0 aliphatic heterocycles. The molecule has 4 nitrogen and oxygen atoms in total. The van der Waals surface area contributed by atoms with Crippen LogP contribution >= 0.6 is 11.3 Å². The third kappa shape index (κ3) is 3.68. The van der Waals surface area contributed by atoms with E-state index in [4.69, 9.17) is 0 Å². The van der Waals surface area contributed by atoms with Gasteiger partial charge in [0.1, 0.15) is 0 Å². The van der Waals surface area contributed by atoms with Crippen LogP contribution in [0.5, 0.6) is 0 Å². The predicted molar refractivity (Wildman–Crippen MR) is 93.4 cm³/mol. The Morgan fingerprint density at radius 3 is 2.48 bits per heavy atom. The molecule has 0 spiro atoms. The maximum Gasteiger partial charge on any atom is 0.251 e. The summed E-state index contributed by atoms with van der Waals surface area (Å²) in [6.45, 7) is 4.69. The molecule has 0 unspecified atom stereocenters. The first kappa shape index (κ1) is 15.5. The summed E-state index contributed by atoms with van der Waals surface area (Å²) >= 11 is 1.70. The Balaban J connectivity index is 1.56. The number of hydrogen-bond acceptors (Lipinski definition) is 3. The van der Waals surface area contributed by atoms with E-state index in [2.05, 4.69) is 17.2 Å². The monoisotopic (exact) mass is 325 g/mol. The van der Waals surface area contributed by atoms with Crippen LogP contribution in [0.4, 0.5) is 0 Å². The van der Waals surface area contributed by atoms with Crippen LogP contribution in [0.2, 0.25) is 0 Å². The minimum Gasteiger partial charge on any atom is -0.352 e. The van der Waals surface area contributed by atoms with Gasteiger partial charge >= 0.3 is 0 Å². The summed E-state index contributed by atoms with van der Waals surface area (Å²) in [4.78, 5) is 17.9. The first-order valence-electron chi connectivity index (χ1n) is 7.58. The molecule has 3 aromatic rings. The maximum atomic E-state index is 12.2. The van der Waals surface area contributed by atoms with Crippen molar-refractivity contribution in [3.05, 3.63) is 69.9 Å². The fourth-order valence-electron chi connectivity index (χ4n) is 2.32. The molecule has 118 valence electrons. The molecular weight excluding hydrogens is 306 g/mol. The number of amides is 1. The lowest BCUT2D eigenvalue weighted by atomic mass is 10.2. The molecule has 0 atom stereocenters. The SMILES string of the molecule is Cc1nc(CCNC(=O)c2ccc(-n3cccc3)cc2)sc1C. The summed E-state index contributed by atoms with van der Waals surface area (Å²) in [6, 6.07) is 11.5. The number of nitrogens with one attached hydrogen (secondary N) is 1. The lowest BCUT2D eigenvalue weighted by Gasteiger charge is -2.06. The Morgan fingerprint density at radius 2 is 1.87 bits per heavy atom. The number of rotatable bonds is 5. The molecule has 5 heteroatoms. The van der Waals surface area contributed by atoms with E-state index in [0.717, 1.165) is 22.8 Å². The Bertz CT molecular complexity index is 769. The molecule has 2 heterocycles. The van der Waals surface area contributed by atoms with Gasteiger partial charge in [0, 0.05) is 41.5 Å². The zero-order valence-corrected chi connectivity index (χ0v) is 14.1. The second kappa shape index (κ2) is 6.79. The van der Waals surface area contributed by atoms with Gasteiger partial charge in [-0.2, -0.15) is 0 Å². The number of aryl methyl sites for hydroxylation is 2. The van der Waals surface area contributed by atoms with Crippen molar-refractivity contribution in [3.8, 4) is 5.69 Å². The lowest BCUT2D eigenvalue weighted by molar-refractivity contribution is 0.0954. The predicted octanol–water partition coefficient (Wildman–Crippen LogP) is 3.52. The highest BCUT2D eigenvalue weighted by molar-refractivity contribution is 7.11. The normalized spacial score (nSPS) is 10.7. The molecule has 0 aliphatic carbocycles. The fraction of sp³-hybridized carbons (Fsp3) is 0.222. The molecule has 23 heavy (non-hydrogen) atoms. The topological polar surface area (TPSA) is 46.9 Å². The van der Waals surface area contributed by atoms with Crippen molar-refractivity contribution in [1.82, 2.24) is 14.9 Å². The van der Waals surface area contributed by atoms with Gasteiger partial charge in [-0.1, -0.05) is 0 Å². The molecule has 0 radical (unpaired) electrons. The molecule has 1 aromatic carbocycles. The summed E-state index contributed by atoms with van der Waals surface area (Å²) in [7, 11) is 0. The van der Waals surface area contributed by atoms with E-state index in [1.165, 1.54) is 4.88 Å². The molecular formula is C18H19N3OS. The van der Waals surface area contributed by atoms with Gasteiger partial charge in [-0.05, 0) is 50.2 Å². The molecule has 1 amide bonds. The van der Waals surface area contributed by atoms with Gasteiger partial charge in [0.25, 0.3) is 5.91 Å². The molecule has 0 saturated heterocycles. The zero-order chi connectivity index (χ0) is 16.2. The van der Waals surface area contributed by atoms with E-state index >= 15 is 0 Å². The number of aromatic nitrogens is 2. The Kier molecular flexibility index (Phi) is 4.57. The molecule has 1 N–H and O–H groups in total. The van der Waals surface area contributed by atoms with Gasteiger partial charge in [0.15, 0.2) is 0 Å². The highest BCUT2D eigenvalue weighted by atomic mass is 32.1. The minimum atomic E-state index is -0.0472. The summed E-state index contributed by atoms with van der Waals surface area (Å²) in [5.74, 6) is -0.0472. The standard InChI is InChI=1S/C18H19N3OS/c1-13-14(2)23-17(20-13)9-10-19-18(22)15-5-7-16(8-6-15)21-11-3-4-12-21/h3-8,11-12H,9-10H2,1-2H3,(H,19,22). The second-order valence-corrected chi connectivity index (χ2v) is 6.68. The highest BCUT2D eigenvalue weighted by Crippen LogP contribution is 2.16. The lowest BCUT2D eigenvalue weighted by Crippen LogP contribution is -2.25. The number of carbonyl (C=O) groups is 1. The number of hydrogen-bond donors (Lipinski definition) is 1. The van der Waals surface area contributed by atoms with Crippen LogP contribution in [0, 0.1) is 13.8 Å². The number of nitrogens with zero attached hydrogens (tertiary/aromatic N) is 2. The van der Waals surface area contributed by atoms with E-state index in [0.29, 0.717) is 12.1 Å². The molecule has 0 aliphatic rings. The van der Waals surface area contributed by atoms with E-state index in [-0.39, 0.29) is 5.91 Å². The molecule has 0 saturated carbocycles. The average molecular weight is 325 g/mol. The van der Waals surface area contributed by atoms with Crippen molar-refractivity contribution in [3.63, 3.8) is 0 Å². The third-order valence-electron chi connectivity index (χ3n) is 3.73. The second-order valence-electron chi connectivity index (χ2n) is 5.39. The molecule has 2 aromatic heterocycles. The van der Waals surface area contributed by atoms with Crippen molar-refractivity contribution in [2.75, 3.05) is 6.54 Å². The van der Waals surface area contributed by atoms with Crippen LogP contribution < -0.4 is 5.32 Å². The van der Waals surface area contributed by atoms with E-state index in [9.17, 15) is 4.79 Å². The van der Waals surface area contributed by atoms with Crippen LogP contribution in [-0.4, -0.2) is 22.0 Å². The van der Waals surface area contributed by atoms with Gasteiger partial charge in [-0.25, -0.2) is 4.98 Å². The van der Waals surface area contributed by atoms with Crippen LogP contribution in [-0.2, 0) is 6.42 Å². The van der Waals surface area contributed by atoms with E-state index < -0.39 is 0 Å². The third-order valence-corrected chi connectivity index (χ3v) is 4.86. The van der Waals surface area contributed by atoms with Crippen molar-refractivity contribution < 1.29 is 4.79 Å². The van der Waals surface area contributed by atoms with Crippen LogP contribution in [0.15, 0.2) is 48.8 Å². The van der Waals surface area contributed by atoms with Gasteiger partial charge in [-0.15, -0.1) is 11.3 Å². The first-order valence-corrected chi connectivity index (χ1v) is 8.39. The largest absolute Gasteiger partial charge is 0.352 e. The Morgan fingerprint density at radius 1 is 1.17 bits per heavy atom.